The van der Waals surface area contributed by atoms with Crippen LogP contribution in [-0.4, -0.2) is 6.04 Å². The molecule has 0 aliphatic heterocycles. The number of nitrogens with one attached hydrogen (secondary N) is 1. The third-order valence-electron chi connectivity index (χ3n) is 2.15. The molecule has 56 valence electrons. The summed E-state index contributed by atoms with van der Waals surface area (Å²) < 4.78 is 0. The highest BCUT2D eigenvalue weighted by atomic mass is 15.0. The van der Waals surface area contributed by atoms with E-state index in [9.17, 15) is 0 Å². The van der Waals surface area contributed by atoms with Crippen LogP contribution < -0.4 is 0 Å². The average molecular weight is 146 g/mol. The van der Waals surface area contributed by atoms with Crippen molar-refractivity contribution in [2.45, 2.75) is 18.4 Å². The van der Waals surface area contributed by atoms with Gasteiger partial charge in [-0.1, -0.05) is 30.3 Å². The Morgan fingerprint density at radius 1 is 1.27 bits per heavy atom. The zero-order valence-electron chi connectivity index (χ0n) is 6.20. The maximum atomic E-state index is 6.82. The fourth-order valence-corrected chi connectivity index (χ4v) is 1.38. The second-order valence-electron chi connectivity index (χ2n) is 2.95. The van der Waals surface area contributed by atoms with Crippen molar-refractivity contribution in [1.29, 1.82) is 5.53 Å². The summed E-state index contributed by atoms with van der Waals surface area (Å²) >= 11 is 0. The fraction of sp³-hybridized carbons (Fsp3) is 0.333. The predicted molar refractivity (Wildman–Crippen MR) is 42.7 cm³/mol. The average Bonchev–Trinajstić information content (AvgIpc) is 2.85. The van der Waals surface area contributed by atoms with Crippen LogP contribution in [0.1, 0.15) is 17.9 Å². The highest BCUT2D eigenvalue weighted by Crippen LogP contribution is 2.42. The van der Waals surface area contributed by atoms with Crippen LogP contribution >= 0.6 is 0 Å². The Balaban J connectivity index is 2.14. The van der Waals surface area contributed by atoms with Gasteiger partial charge in [-0.25, -0.2) is 5.53 Å². The molecule has 1 N–H and O–H groups in total. The summed E-state index contributed by atoms with van der Waals surface area (Å²) in [6, 6.07) is 10.6. The Hall–Kier alpha value is -1.18. The second-order valence-corrected chi connectivity index (χ2v) is 2.95. The lowest BCUT2D eigenvalue weighted by Crippen LogP contribution is -1.81. The van der Waals surface area contributed by atoms with Gasteiger partial charge in [0.05, 0.1) is 6.04 Å². The van der Waals surface area contributed by atoms with Crippen molar-refractivity contribution < 1.29 is 0 Å². The van der Waals surface area contributed by atoms with E-state index < -0.39 is 0 Å². The number of hydrogen-bond donors (Lipinski definition) is 1. The molecule has 2 unspecified atom stereocenters. The first kappa shape index (κ1) is 6.53. The van der Waals surface area contributed by atoms with E-state index in [1.165, 1.54) is 5.56 Å². The third kappa shape index (κ3) is 1.16. The molecule has 1 aromatic rings. The summed E-state index contributed by atoms with van der Waals surface area (Å²) in [6.07, 6.45) is 1.06. The molecule has 0 bridgehead atoms. The molecule has 2 heteroatoms. The molecule has 1 aliphatic carbocycles. The molecular formula is C9H10N2. The van der Waals surface area contributed by atoms with Crippen molar-refractivity contribution in [2.75, 3.05) is 0 Å². The first-order chi connectivity index (χ1) is 5.42. The van der Waals surface area contributed by atoms with Crippen LogP contribution in [0.25, 0.3) is 0 Å². The van der Waals surface area contributed by atoms with Crippen LogP contribution in [0.4, 0.5) is 0 Å². The minimum absolute atomic E-state index is 0.275. The van der Waals surface area contributed by atoms with E-state index in [0.29, 0.717) is 5.92 Å². The van der Waals surface area contributed by atoms with Gasteiger partial charge in [-0.3, -0.25) is 0 Å². The number of rotatable bonds is 2. The van der Waals surface area contributed by atoms with Gasteiger partial charge in [0, 0.05) is 5.92 Å². The first-order valence-corrected chi connectivity index (χ1v) is 3.83. The highest BCUT2D eigenvalue weighted by Gasteiger charge is 2.38. The Labute approximate surface area is 65.8 Å². The van der Waals surface area contributed by atoms with Crippen LogP contribution in [0.5, 0.6) is 0 Å². The molecule has 0 radical (unpaired) electrons. The summed E-state index contributed by atoms with van der Waals surface area (Å²) in [5.74, 6) is 0.536. The van der Waals surface area contributed by atoms with Crippen LogP contribution in [-0.2, 0) is 0 Å². The number of nitrogens with zero attached hydrogens (tertiary/aromatic N) is 1. The van der Waals surface area contributed by atoms with Gasteiger partial charge in [-0.15, -0.1) is 0 Å². The highest BCUT2D eigenvalue weighted by molar-refractivity contribution is 5.27. The Morgan fingerprint density at radius 3 is 2.55 bits per heavy atom. The molecule has 2 rings (SSSR count). The lowest BCUT2D eigenvalue weighted by molar-refractivity contribution is 0.869. The number of hydrogen-bond acceptors (Lipinski definition) is 2. The summed E-state index contributed by atoms with van der Waals surface area (Å²) in [7, 11) is 0. The van der Waals surface area contributed by atoms with E-state index >= 15 is 0 Å². The summed E-state index contributed by atoms with van der Waals surface area (Å²) in [6.45, 7) is 0. The molecule has 11 heavy (non-hydrogen) atoms. The normalized spacial score (nSPS) is 28.0. The zero-order chi connectivity index (χ0) is 7.68. The van der Waals surface area contributed by atoms with E-state index in [1.54, 1.807) is 0 Å². The first-order valence-electron chi connectivity index (χ1n) is 3.83. The lowest BCUT2D eigenvalue weighted by atomic mass is 10.1. The second kappa shape index (κ2) is 2.46. The standard InChI is InChI=1S/C9H10N2/c10-11-9-6-8(9)7-4-2-1-3-5-7/h1-5,8-10H,6H2. The SMILES string of the molecule is N=NC1CC1c1ccccc1. The summed E-state index contributed by atoms with van der Waals surface area (Å²) in [4.78, 5) is 0. The summed E-state index contributed by atoms with van der Waals surface area (Å²) in [5.41, 5.74) is 8.15. The summed E-state index contributed by atoms with van der Waals surface area (Å²) in [5, 5.41) is 3.51. The molecule has 2 nitrogen and oxygen atoms in total. The van der Waals surface area contributed by atoms with Gasteiger partial charge < -0.3 is 0 Å². The lowest BCUT2D eigenvalue weighted by Gasteiger charge is -1.94. The van der Waals surface area contributed by atoms with Crippen LogP contribution in [0.3, 0.4) is 0 Å². The van der Waals surface area contributed by atoms with Crippen molar-refractivity contribution in [3.63, 3.8) is 0 Å². The largest absolute Gasteiger partial charge is 0.210 e. The minimum atomic E-state index is 0.275. The van der Waals surface area contributed by atoms with E-state index in [-0.39, 0.29) is 6.04 Å². The third-order valence-corrected chi connectivity index (χ3v) is 2.15. The minimum Gasteiger partial charge on any atom is -0.210 e. The van der Waals surface area contributed by atoms with Gasteiger partial charge in [0.2, 0.25) is 0 Å². The van der Waals surface area contributed by atoms with Gasteiger partial charge in [0.1, 0.15) is 0 Å². The van der Waals surface area contributed by atoms with Crippen molar-refractivity contribution >= 4 is 0 Å². The predicted octanol–water partition coefficient (Wildman–Crippen LogP) is 2.57. The molecule has 1 aromatic carbocycles. The maximum Gasteiger partial charge on any atom is 0.0781 e. The van der Waals surface area contributed by atoms with Gasteiger partial charge >= 0.3 is 0 Å². The molecule has 0 aromatic heterocycles. The molecule has 0 saturated heterocycles. The molecule has 2 atom stereocenters. The molecular weight excluding hydrogens is 136 g/mol. The van der Waals surface area contributed by atoms with Crippen LogP contribution in [0.15, 0.2) is 35.4 Å². The quantitative estimate of drug-likeness (QED) is 0.622. The van der Waals surface area contributed by atoms with Gasteiger partial charge in [0.15, 0.2) is 0 Å². The van der Waals surface area contributed by atoms with E-state index in [2.05, 4.69) is 17.2 Å². The zero-order valence-corrected chi connectivity index (χ0v) is 6.20. The van der Waals surface area contributed by atoms with E-state index in [0.717, 1.165) is 6.42 Å². The number of benzene rings is 1. The Morgan fingerprint density at radius 2 is 2.00 bits per heavy atom. The molecule has 0 spiro atoms. The van der Waals surface area contributed by atoms with Crippen LogP contribution in [0.2, 0.25) is 0 Å². The Kier molecular flexibility index (Phi) is 1.46. The van der Waals surface area contributed by atoms with Gasteiger partial charge in [-0.2, -0.15) is 5.11 Å². The van der Waals surface area contributed by atoms with Crippen molar-refractivity contribution in [3.8, 4) is 0 Å². The van der Waals surface area contributed by atoms with Crippen LogP contribution in [0, 0.1) is 5.53 Å². The fourth-order valence-electron chi connectivity index (χ4n) is 1.38. The van der Waals surface area contributed by atoms with Gasteiger partial charge in [0.25, 0.3) is 0 Å². The van der Waals surface area contributed by atoms with Crippen molar-refractivity contribution in [2.24, 2.45) is 5.11 Å². The molecule has 1 aliphatic rings. The van der Waals surface area contributed by atoms with E-state index in [1.807, 2.05) is 18.2 Å². The molecule has 1 saturated carbocycles. The maximum absolute atomic E-state index is 6.82. The Bertz CT molecular complexity index is 256. The smallest absolute Gasteiger partial charge is 0.0781 e. The topological polar surface area (TPSA) is 36.2 Å². The van der Waals surface area contributed by atoms with Gasteiger partial charge in [-0.05, 0) is 12.0 Å². The molecule has 0 heterocycles. The molecule has 0 amide bonds. The van der Waals surface area contributed by atoms with Crippen molar-refractivity contribution in [1.82, 2.24) is 0 Å². The van der Waals surface area contributed by atoms with E-state index in [4.69, 9.17) is 5.53 Å². The van der Waals surface area contributed by atoms with Crippen molar-refractivity contribution in [3.05, 3.63) is 35.9 Å². The monoisotopic (exact) mass is 146 g/mol. The molecule has 1 fully saturated rings.